The van der Waals surface area contributed by atoms with Crippen LogP contribution < -0.4 is 4.74 Å². The predicted molar refractivity (Wildman–Crippen MR) is 98.3 cm³/mol. The summed E-state index contributed by atoms with van der Waals surface area (Å²) in [5, 5.41) is 10.3. The fourth-order valence-electron chi connectivity index (χ4n) is 4.01. The second-order valence-corrected chi connectivity index (χ2v) is 7.56. The van der Waals surface area contributed by atoms with Crippen LogP contribution in [0.15, 0.2) is 18.2 Å². The van der Waals surface area contributed by atoms with E-state index in [2.05, 4.69) is 4.90 Å². The molecule has 2 aliphatic heterocycles. The van der Waals surface area contributed by atoms with Gasteiger partial charge in [0.25, 0.3) is 5.91 Å². The molecule has 2 heterocycles. The second-order valence-electron chi connectivity index (χ2n) is 7.12. The number of benzene rings is 1. The number of amides is 1. The van der Waals surface area contributed by atoms with Crippen LogP contribution in [0.4, 0.5) is 0 Å². The number of hydrogen-bond donors (Lipinski definition) is 1. The summed E-state index contributed by atoms with van der Waals surface area (Å²) >= 11 is 6.07. The minimum atomic E-state index is -0.0704. The topological polar surface area (TPSA) is 53.0 Å². The lowest BCUT2D eigenvalue weighted by molar-refractivity contribution is 0.0775. The number of likely N-dealkylation sites (tertiary alicyclic amines) is 2. The Morgan fingerprint density at radius 3 is 2.64 bits per heavy atom. The van der Waals surface area contributed by atoms with Gasteiger partial charge in [-0.3, -0.25) is 4.79 Å². The van der Waals surface area contributed by atoms with Gasteiger partial charge in [-0.05, 0) is 50.0 Å². The van der Waals surface area contributed by atoms with E-state index >= 15 is 0 Å². The molecule has 6 heteroatoms. The van der Waals surface area contributed by atoms with Crippen LogP contribution >= 0.6 is 11.6 Å². The molecule has 0 aromatic heterocycles. The van der Waals surface area contributed by atoms with E-state index in [-0.39, 0.29) is 18.4 Å². The Hall–Kier alpha value is -1.30. The van der Waals surface area contributed by atoms with Crippen LogP contribution in [-0.4, -0.2) is 67.3 Å². The number of aliphatic hydroxyl groups is 1. The highest BCUT2D eigenvalue weighted by Gasteiger charge is 2.36. The maximum absolute atomic E-state index is 13.0. The van der Waals surface area contributed by atoms with Gasteiger partial charge in [-0.2, -0.15) is 0 Å². The molecule has 0 radical (unpaired) electrons. The fraction of sp³-hybridized carbons (Fsp3) is 0.632. The van der Waals surface area contributed by atoms with E-state index in [0.29, 0.717) is 35.3 Å². The Bertz CT molecular complexity index is 604. The monoisotopic (exact) mass is 366 g/mol. The molecule has 138 valence electrons. The van der Waals surface area contributed by atoms with E-state index < -0.39 is 0 Å². The summed E-state index contributed by atoms with van der Waals surface area (Å²) in [7, 11) is 1.56. The second kappa shape index (κ2) is 8.39. The van der Waals surface area contributed by atoms with Crippen molar-refractivity contribution in [3.63, 3.8) is 0 Å². The molecule has 2 fully saturated rings. The van der Waals surface area contributed by atoms with E-state index in [0.717, 1.165) is 19.6 Å². The van der Waals surface area contributed by atoms with E-state index in [4.69, 9.17) is 16.3 Å². The van der Waals surface area contributed by atoms with Crippen LogP contribution in [0.5, 0.6) is 5.75 Å². The van der Waals surface area contributed by atoms with Crippen LogP contribution in [-0.2, 0) is 0 Å². The molecule has 1 aromatic carbocycles. The Labute approximate surface area is 154 Å². The minimum absolute atomic E-state index is 0.0704. The molecule has 2 aliphatic rings. The van der Waals surface area contributed by atoms with Crippen LogP contribution in [0.1, 0.15) is 29.6 Å². The molecule has 25 heavy (non-hydrogen) atoms. The SMILES string of the molecule is COc1ccc(Cl)cc1C(=O)N1CC(CO)C(CN2CCCCC2)C1. The maximum atomic E-state index is 13.0. The third-order valence-corrected chi connectivity index (χ3v) is 5.67. The Morgan fingerprint density at radius 1 is 1.24 bits per heavy atom. The Kier molecular flexibility index (Phi) is 6.20. The Morgan fingerprint density at radius 2 is 1.96 bits per heavy atom. The van der Waals surface area contributed by atoms with Gasteiger partial charge in [-0.15, -0.1) is 0 Å². The highest BCUT2D eigenvalue weighted by Crippen LogP contribution is 2.30. The summed E-state index contributed by atoms with van der Waals surface area (Å²) in [6.07, 6.45) is 3.81. The summed E-state index contributed by atoms with van der Waals surface area (Å²) in [4.78, 5) is 17.3. The lowest BCUT2D eigenvalue weighted by Crippen LogP contribution is -2.37. The molecule has 0 saturated carbocycles. The average Bonchev–Trinajstić information content (AvgIpc) is 3.04. The molecule has 0 aliphatic carbocycles. The molecule has 3 rings (SSSR count). The van der Waals surface area contributed by atoms with Gasteiger partial charge in [0, 0.05) is 37.2 Å². The third-order valence-electron chi connectivity index (χ3n) is 5.43. The van der Waals surface area contributed by atoms with Crippen LogP contribution in [0.3, 0.4) is 0 Å². The molecule has 2 saturated heterocycles. The summed E-state index contributed by atoms with van der Waals surface area (Å²) in [6.45, 7) is 4.60. The van der Waals surface area contributed by atoms with Crippen molar-refractivity contribution in [2.45, 2.75) is 19.3 Å². The van der Waals surface area contributed by atoms with Crippen molar-refractivity contribution in [3.05, 3.63) is 28.8 Å². The number of carbonyl (C=O) groups is 1. The molecule has 5 nitrogen and oxygen atoms in total. The van der Waals surface area contributed by atoms with Gasteiger partial charge in [0.1, 0.15) is 5.75 Å². The van der Waals surface area contributed by atoms with Crippen molar-refractivity contribution < 1.29 is 14.6 Å². The maximum Gasteiger partial charge on any atom is 0.257 e. The number of piperidine rings is 1. The summed E-state index contributed by atoms with van der Waals surface area (Å²) in [5.41, 5.74) is 0.491. The molecule has 0 spiro atoms. The first kappa shape index (κ1) is 18.5. The molecular formula is C19H27ClN2O3. The number of ether oxygens (including phenoxy) is 1. The largest absolute Gasteiger partial charge is 0.496 e. The van der Waals surface area contributed by atoms with Crippen molar-refractivity contribution in [2.75, 3.05) is 46.4 Å². The van der Waals surface area contributed by atoms with E-state index in [1.807, 2.05) is 4.90 Å². The lowest BCUT2D eigenvalue weighted by atomic mass is 9.95. The van der Waals surface area contributed by atoms with E-state index in [1.165, 1.54) is 19.3 Å². The molecule has 1 aromatic rings. The van der Waals surface area contributed by atoms with Crippen LogP contribution in [0, 0.1) is 11.8 Å². The van der Waals surface area contributed by atoms with Gasteiger partial charge < -0.3 is 19.6 Å². The standard InChI is InChI=1S/C19H27ClN2O3/c1-25-18-6-5-16(20)9-17(18)19(24)22-11-14(15(12-22)13-23)10-21-7-3-2-4-8-21/h5-6,9,14-15,23H,2-4,7-8,10-13H2,1H3. The Balaban J connectivity index is 1.70. The van der Waals surface area contributed by atoms with E-state index in [1.54, 1.807) is 25.3 Å². The quantitative estimate of drug-likeness (QED) is 0.870. The zero-order chi connectivity index (χ0) is 17.8. The summed E-state index contributed by atoms with van der Waals surface area (Å²) in [6, 6.07) is 5.10. The summed E-state index contributed by atoms with van der Waals surface area (Å²) in [5.74, 6) is 0.918. The first-order valence-corrected chi connectivity index (χ1v) is 9.46. The predicted octanol–water partition coefficient (Wildman–Crippen LogP) is 2.52. The zero-order valence-electron chi connectivity index (χ0n) is 14.8. The van der Waals surface area contributed by atoms with Crippen LogP contribution in [0.2, 0.25) is 5.02 Å². The molecule has 1 amide bonds. The molecule has 2 atom stereocenters. The first-order chi connectivity index (χ1) is 12.1. The van der Waals surface area contributed by atoms with Crippen molar-refractivity contribution in [2.24, 2.45) is 11.8 Å². The van der Waals surface area contributed by atoms with E-state index in [9.17, 15) is 9.90 Å². The smallest absolute Gasteiger partial charge is 0.257 e. The average molecular weight is 367 g/mol. The van der Waals surface area contributed by atoms with Gasteiger partial charge in [-0.25, -0.2) is 0 Å². The van der Waals surface area contributed by atoms with Crippen LogP contribution in [0.25, 0.3) is 0 Å². The van der Waals surface area contributed by atoms with Crippen molar-refractivity contribution in [3.8, 4) is 5.75 Å². The minimum Gasteiger partial charge on any atom is -0.496 e. The number of carbonyl (C=O) groups excluding carboxylic acids is 1. The van der Waals surface area contributed by atoms with Gasteiger partial charge in [-0.1, -0.05) is 18.0 Å². The molecule has 1 N–H and O–H groups in total. The fourth-order valence-corrected chi connectivity index (χ4v) is 4.18. The number of aliphatic hydroxyl groups excluding tert-OH is 1. The van der Waals surface area contributed by atoms with Crippen molar-refractivity contribution >= 4 is 17.5 Å². The third kappa shape index (κ3) is 4.27. The summed E-state index contributed by atoms with van der Waals surface area (Å²) < 4.78 is 5.32. The van der Waals surface area contributed by atoms with Gasteiger partial charge in [0.2, 0.25) is 0 Å². The molecule has 2 unspecified atom stereocenters. The normalized spacial score (nSPS) is 24.5. The highest BCUT2D eigenvalue weighted by molar-refractivity contribution is 6.31. The number of methoxy groups -OCH3 is 1. The number of halogens is 1. The lowest BCUT2D eigenvalue weighted by Gasteiger charge is -2.30. The number of rotatable bonds is 5. The van der Waals surface area contributed by atoms with Crippen molar-refractivity contribution in [1.82, 2.24) is 9.80 Å². The molecule has 0 bridgehead atoms. The molecular weight excluding hydrogens is 340 g/mol. The first-order valence-electron chi connectivity index (χ1n) is 9.08. The highest BCUT2D eigenvalue weighted by atomic mass is 35.5. The van der Waals surface area contributed by atoms with Gasteiger partial charge in [0.15, 0.2) is 0 Å². The van der Waals surface area contributed by atoms with Crippen molar-refractivity contribution in [1.29, 1.82) is 0 Å². The zero-order valence-corrected chi connectivity index (χ0v) is 15.5. The van der Waals surface area contributed by atoms with Gasteiger partial charge >= 0.3 is 0 Å². The number of nitrogens with zero attached hydrogens (tertiary/aromatic N) is 2. The number of hydrogen-bond acceptors (Lipinski definition) is 4. The van der Waals surface area contributed by atoms with Gasteiger partial charge in [0.05, 0.1) is 12.7 Å².